The van der Waals surface area contributed by atoms with E-state index in [-0.39, 0.29) is 37.2 Å². The minimum Gasteiger partial charge on any atom is -0.482 e. The normalized spacial score (nSPS) is 14.2. The molecule has 0 aliphatic carbocycles. The van der Waals surface area contributed by atoms with Crippen molar-refractivity contribution >= 4 is 17.8 Å². The van der Waals surface area contributed by atoms with Crippen LogP contribution in [-0.4, -0.2) is 81.4 Å². The fourth-order valence-corrected chi connectivity index (χ4v) is 5.63. The van der Waals surface area contributed by atoms with Crippen LogP contribution in [0.15, 0.2) is 42.5 Å². The Morgan fingerprint density at radius 3 is 2.33 bits per heavy atom. The SMILES string of the molecule is CCCCN(CCCC)C(=O)c1nn(-c2ccc(OCC(=O)OCC)cc2C(=O)N2Cc3ccccc3C[C@H]2CO)c(C)c1C. The van der Waals surface area contributed by atoms with E-state index in [1.165, 1.54) is 0 Å². The van der Waals surface area contributed by atoms with Crippen LogP contribution in [0.25, 0.3) is 5.69 Å². The fraction of sp³-hybridized carbons (Fsp3) is 0.486. The smallest absolute Gasteiger partial charge is 0.344 e. The quantitative estimate of drug-likeness (QED) is 0.252. The maximum absolute atomic E-state index is 14.4. The molecule has 0 spiro atoms. The molecule has 1 aromatic heterocycles. The number of carbonyl (C=O) groups is 3. The molecule has 1 N–H and O–H groups in total. The molecule has 3 aromatic rings. The maximum atomic E-state index is 14.4. The van der Waals surface area contributed by atoms with Gasteiger partial charge in [-0.2, -0.15) is 5.10 Å². The third kappa shape index (κ3) is 7.73. The second-order valence-corrected chi connectivity index (χ2v) is 11.5. The lowest BCUT2D eigenvalue weighted by molar-refractivity contribution is -0.145. The number of rotatable bonds is 14. The number of benzene rings is 2. The molecular weight excluding hydrogens is 572 g/mol. The Morgan fingerprint density at radius 1 is 1.00 bits per heavy atom. The molecule has 242 valence electrons. The number of aromatic nitrogens is 2. The molecule has 1 atom stereocenters. The molecule has 10 heteroatoms. The van der Waals surface area contributed by atoms with Crippen LogP contribution >= 0.6 is 0 Å². The topological polar surface area (TPSA) is 114 Å². The average molecular weight is 619 g/mol. The number of hydrogen-bond donors (Lipinski definition) is 1. The number of amides is 2. The third-order valence-electron chi connectivity index (χ3n) is 8.38. The van der Waals surface area contributed by atoms with E-state index >= 15 is 0 Å². The summed E-state index contributed by atoms with van der Waals surface area (Å²) in [5, 5.41) is 15.1. The lowest BCUT2D eigenvalue weighted by Crippen LogP contribution is -2.46. The standard InChI is InChI=1S/C35H46N4O6/c1-6-9-17-37(18-10-7-2)35(43)33-24(4)25(5)39(36-33)31-16-15-29(45-23-32(41)44-8-3)20-30(31)34(42)38-21-27-14-12-11-13-26(27)19-28(38)22-40/h11-16,20,28,40H,6-10,17-19,21-23H2,1-5H3/t28-/m0/s1. The van der Waals surface area contributed by atoms with Crippen molar-refractivity contribution in [2.45, 2.75) is 79.3 Å². The highest BCUT2D eigenvalue weighted by molar-refractivity contribution is 5.99. The molecule has 0 saturated carbocycles. The molecule has 2 aromatic carbocycles. The highest BCUT2D eigenvalue weighted by Gasteiger charge is 2.32. The number of aliphatic hydroxyl groups is 1. The van der Waals surface area contributed by atoms with Gasteiger partial charge in [0.1, 0.15) is 5.75 Å². The first-order valence-corrected chi connectivity index (χ1v) is 16.0. The second-order valence-electron chi connectivity index (χ2n) is 11.5. The van der Waals surface area contributed by atoms with E-state index in [4.69, 9.17) is 14.6 Å². The molecule has 4 rings (SSSR count). The van der Waals surface area contributed by atoms with E-state index in [0.29, 0.717) is 43.2 Å². The van der Waals surface area contributed by atoms with Crippen molar-refractivity contribution in [2.24, 2.45) is 0 Å². The fourth-order valence-electron chi connectivity index (χ4n) is 5.63. The number of unbranched alkanes of at least 4 members (excludes halogenated alkanes) is 2. The molecule has 0 radical (unpaired) electrons. The van der Waals surface area contributed by atoms with Crippen molar-refractivity contribution in [1.29, 1.82) is 0 Å². The number of nitrogens with zero attached hydrogens (tertiary/aromatic N) is 4. The lowest BCUT2D eigenvalue weighted by Gasteiger charge is -2.36. The van der Waals surface area contributed by atoms with Crippen LogP contribution in [-0.2, 0) is 22.5 Å². The molecular formula is C35H46N4O6. The molecule has 45 heavy (non-hydrogen) atoms. The van der Waals surface area contributed by atoms with Gasteiger partial charge in [-0.3, -0.25) is 9.59 Å². The van der Waals surface area contributed by atoms with Gasteiger partial charge in [0.2, 0.25) is 0 Å². The molecule has 0 bridgehead atoms. The molecule has 1 aliphatic heterocycles. The highest BCUT2D eigenvalue weighted by Crippen LogP contribution is 2.30. The Hall–Kier alpha value is -4.18. The minimum absolute atomic E-state index is 0.119. The summed E-state index contributed by atoms with van der Waals surface area (Å²) in [6.07, 6.45) is 4.30. The van der Waals surface area contributed by atoms with Crippen molar-refractivity contribution in [3.05, 3.63) is 76.1 Å². The first-order valence-electron chi connectivity index (χ1n) is 16.0. The van der Waals surface area contributed by atoms with Crippen LogP contribution in [0.5, 0.6) is 5.75 Å². The van der Waals surface area contributed by atoms with Crippen molar-refractivity contribution in [3.63, 3.8) is 0 Å². The zero-order valence-corrected chi connectivity index (χ0v) is 27.2. The van der Waals surface area contributed by atoms with Crippen LogP contribution in [0.4, 0.5) is 0 Å². The number of esters is 1. The molecule has 0 fully saturated rings. The van der Waals surface area contributed by atoms with E-state index in [9.17, 15) is 19.5 Å². The van der Waals surface area contributed by atoms with Crippen LogP contribution in [0, 0.1) is 13.8 Å². The number of carbonyl (C=O) groups excluding carboxylic acids is 3. The highest BCUT2D eigenvalue weighted by atomic mass is 16.6. The van der Waals surface area contributed by atoms with Gasteiger partial charge in [0.15, 0.2) is 12.3 Å². The summed E-state index contributed by atoms with van der Waals surface area (Å²) >= 11 is 0. The summed E-state index contributed by atoms with van der Waals surface area (Å²) in [6.45, 7) is 11.1. The van der Waals surface area contributed by atoms with Gasteiger partial charge in [-0.15, -0.1) is 0 Å². The minimum atomic E-state index is -0.514. The van der Waals surface area contributed by atoms with Gasteiger partial charge < -0.3 is 24.4 Å². The zero-order chi connectivity index (χ0) is 32.5. The number of aliphatic hydroxyl groups excluding tert-OH is 1. The van der Waals surface area contributed by atoms with Gasteiger partial charge in [0, 0.05) is 30.9 Å². The van der Waals surface area contributed by atoms with Crippen molar-refractivity contribution in [2.75, 3.05) is 32.9 Å². The van der Waals surface area contributed by atoms with E-state index in [0.717, 1.165) is 48.1 Å². The molecule has 2 heterocycles. The van der Waals surface area contributed by atoms with Crippen molar-refractivity contribution < 1.29 is 29.0 Å². The van der Waals surface area contributed by atoms with Gasteiger partial charge >= 0.3 is 5.97 Å². The largest absolute Gasteiger partial charge is 0.482 e. The van der Waals surface area contributed by atoms with E-state index in [1.54, 1.807) is 34.7 Å². The Labute approximate surface area is 265 Å². The monoisotopic (exact) mass is 618 g/mol. The van der Waals surface area contributed by atoms with Crippen LogP contribution in [0.1, 0.15) is 89.7 Å². The van der Waals surface area contributed by atoms with Crippen molar-refractivity contribution in [1.82, 2.24) is 19.6 Å². The predicted molar refractivity (Wildman–Crippen MR) is 172 cm³/mol. The number of hydrogen-bond acceptors (Lipinski definition) is 7. The Balaban J connectivity index is 1.76. The summed E-state index contributed by atoms with van der Waals surface area (Å²) < 4.78 is 12.4. The zero-order valence-electron chi connectivity index (χ0n) is 27.2. The van der Waals surface area contributed by atoms with E-state index in [2.05, 4.69) is 13.8 Å². The van der Waals surface area contributed by atoms with Crippen LogP contribution in [0.2, 0.25) is 0 Å². The molecule has 1 aliphatic rings. The summed E-state index contributed by atoms with van der Waals surface area (Å²) in [6, 6.07) is 12.5. The molecule has 0 saturated heterocycles. The summed E-state index contributed by atoms with van der Waals surface area (Å²) in [5.41, 5.74) is 4.73. The summed E-state index contributed by atoms with van der Waals surface area (Å²) in [4.78, 5) is 43.7. The van der Waals surface area contributed by atoms with Gasteiger partial charge in [0.25, 0.3) is 11.8 Å². The maximum Gasteiger partial charge on any atom is 0.344 e. The number of ether oxygens (including phenoxy) is 2. The third-order valence-corrected chi connectivity index (χ3v) is 8.38. The van der Waals surface area contributed by atoms with Gasteiger partial charge in [-0.25, -0.2) is 9.48 Å². The first kappa shape index (κ1) is 33.7. The lowest BCUT2D eigenvalue weighted by atomic mass is 9.93. The average Bonchev–Trinajstić information content (AvgIpc) is 3.35. The first-order chi connectivity index (χ1) is 21.7. The van der Waals surface area contributed by atoms with E-state index in [1.807, 2.05) is 43.0 Å². The summed E-state index contributed by atoms with van der Waals surface area (Å²) in [5.74, 6) is -0.629. The molecule has 10 nitrogen and oxygen atoms in total. The predicted octanol–water partition coefficient (Wildman–Crippen LogP) is 5.03. The Morgan fingerprint density at radius 2 is 1.69 bits per heavy atom. The van der Waals surface area contributed by atoms with E-state index < -0.39 is 12.0 Å². The van der Waals surface area contributed by atoms with Gasteiger partial charge in [0.05, 0.1) is 30.5 Å². The second kappa shape index (κ2) is 15.7. The number of fused-ring (bicyclic) bond motifs is 1. The Bertz CT molecular complexity index is 1490. The van der Waals surface area contributed by atoms with Crippen LogP contribution in [0.3, 0.4) is 0 Å². The van der Waals surface area contributed by atoms with Crippen molar-refractivity contribution in [3.8, 4) is 11.4 Å². The molecule has 0 unspecified atom stereocenters. The molecule has 2 amide bonds. The van der Waals surface area contributed by atoms with Crippen LogP contribution < -0.4 is 4.74 Å². The Kier molecular flexibility index (Phi) is 11.8. The summed E-state index contributed by atoms with van der Waals surface area (Å²) in [7, 11) is 0. The van der Waals surface area contributed by atoms with Gasteiger partial charge in [-0.1, -0.05) is 51.0 Å². The van der Waals surface area contributed by atoms with Gasteiger partial charge in [-0.05, 0) is 69.4 Å².